The molecule has 0 bridgehead atoms. The lowest BCUT2D eigenvalue weighted by molar-refractivity contribution is -0.0505. The van der Waals surface area contributed by atoms with Gasteiger partial charge in [0.2, 0.25) is 0 Å². The average molecular weight is 387 g/mol. The molecule has 0 amide bonds. The average Bonchev–Trinajstić information content (AvgIpc) is 2.97. The van der Waals surface area contributed by atoms with Crippen molar-refractivity contribution < 1.29 is 27.0 Å². The van der Waals surface area contributed by atoms with E-state index < -0.39 is 13.2 Å². The van der Waals surface area contributed by atoms with Gasteiger partial charge in [-0.1, -0.05) is 11.6 Å². The molecule has 3 rings (SSSR count). The number of nitrogens with one attached hydrogen (secondary N) is 1. The van der Waals surface area contributed by atoms with Crippen molar-refractivity contribution in [2.45, 2.75) is 13.2 Å². The first-order valence-electron chi connectivity index (χ1n) is 7.28. The van der Waals surface area contributed by atoms with Gasteiger partial charge in [-0.25, -0.2) is 0 Å². The molecular formula is C17H11ClF4N2O2. The summed E-state index contributed by atoms with van der Waals surface area (Å²) in [4.78, 5) is 0. The molecule has 1 heterocycles. The van der Waals surface area contributed by atoms with Crippen molar-refractivity contribution in [3.63, 3.8) is 0 Å². The van der Waals surface area contributed by atoms with Crippen molar-refractivity contribution in [1.82, 2.24) is 10.2 Å². The summed E-state index contributed by atoms with van der Waals surface area (Å²) in [6, 6.07) is 11.7. The number of aromatic amines is 1. The lowest BCUT2D eigenvalue weighted by Crippen LogP contribution is -2.01. The molecule has 0 aliphatic rings. The van der Waals surface area contributed by atoms with Crippen molar-refractivity contribution in [1.29, 1.82) is 0 Å². The summed E-state index contributed by atoms with van der Waals surface area (Å²) in [5, 5.41) is 7.20. The Morgan fingerprint density at radius 2 is 1.23 bits per heavy atom. The molecule has 3 aromatic rings. The molecule has 0 atom stereocenters. The van der Waals surface area contributed by atoms with E-state index in [0.717, 1.165) is 0 Å². The van der Waals surface area contributed by atoms with Gasteiger partial charge in [0.15, 0.2) is 0 Å². The normalized spacial score (nSPS) is 11.2. The summed E-state index contributed by atoms with van der Waals surface area (Å²) < 4.78 is 57.3. The van der Waals surface area contributed by atoms with E-state index in [-0.39, 0.29) is 11.5 Å². The summed E-state index contributed by atoms with van der Waals surface area (Å²) in [5.74, 6) is 0.0412. The van der Waals surface area contributed by atoms with Gasteiger partial charge in [-0.05, 0) is 48.5 Å². The highest BCUT2D eigenvalue weighted by atomic mass is 35.5. The number of aromatic nitrogens is 2. The van der Waals surface area contributed by atoms with Gasteiger partial charge in [0, 0.05) is 11.1 Å². The molecule has 9 heteroatoms. The molecule has 4 nitrogen and oxygen atoms in total. The van der Waals surface area contributed by atoms with Crippen LogP contribution in [0.4, 0.5) is 17.6 Å². The lowest BCUT2D eigenvalue weighted by atomic mass is 10.1. The summed E-state index contributed by atoms with van der Waals surface area (Å²) >= 11 is 6.35. The molecule has 0 aliphatic heterocycles. The number of rotatable bonds is 6. The van der Waals surface area contributed by atoms with Crippen molar-refractivity contribution in [3.8, 4) is 34.0 Å². The minimum Gasteiger partial charge on any atom is -0.435 e. The van der Waals surface area contributed by atoms with Crippen LogP contribution in [0.15, 0.2) is 48.5 Å². The van der Waals surface area contributed by atoms with Crippen LogP contribution in [0.3, 0.4) is 0 Å². The molecule has 2 aromatic carbocycles. The van der Waals surface area contributed by atoms with E-state index in [1.807, 2.05) is 0 Å². The highest BCUT2D eigenvalue weighted by molar-refractivity contribution is 6.35. The van der Waals surface area contributed by atoms with Crippen molar-refractivity contribution in [2.75, 3.05) is 0 Å². The van der Waals surface area contributed by atoms with Gasteiger partial charge in [0.05, 0.1) is 10.7 Å². The summed E-state index contributed by atoms with van der Waals surface area (Å²) in [7, 11) is 0. The number of hydrogen-bond acceptors (Lipinski definition) is 3. The maximum atomic E-state index is 12.2. The monoisotopic (exact) mass is 386 g/mol. The Morgan fingerprint density at radius 1 is 0.769 bits per heavy atom. The number of nitrogens with zero attached hydrogens (tertiary/aromatic N) is 1. The molecule has 0 unspecified atom stereocenters. The molecule has 0 spiro atoms. The van der Waals surface area contributed by atoms with E-state index in [9.17, 15) is 17.6 Å². The number of H-pyrrole nitrogens is 1. The Labute approximate surface area is 150 Å². The highest BCUT2D eigenvalue weighted by Crippen LogP contribution is 2.35. The topological polar surface area (TPSA) is 47.1 Å². The zero-order valence-corrected chi connectivity index (χ0v) is 13.7. The predicted octanol–water partition coefficient (Wildman–Crippen LogP) is 5.60. The molecule has 26 heavy (non-hydrogen) atoms. The maximum Gasteiger partial charge on any atom is 0.387 e. The van der Waals surface area contributed by atoms with Crippen LogP contribution in [0.5, 0.6) is 11.5 Å². The van der Waals surface area contributed by atoms with Gasteiger partial charge in [-0.2, -0.15) is 22.7 Å². The van der Waals surface area contributed by atoms with Crippen molar-refractivity contribution in [3.05, 3.63) is 53.6 Å². The second-order valence-electron chi connectivity index (χ2n) is 5.07. The molecule has 1 N–H and O–H groups in total. The van der Waals surface area contributed by atoms with Crippen LogP contribution in [0, 0.1) is 0 Å². The Hall–Kier alpha value is -2.74. The van der Waals surface area contributed by atoms with Crippen LogP contribution in [-0.2, 0) is 0 Å². The first-order chi connectivity index (χ1) is 12.4. The van der Waals surface area contributed by atoms with E-state index in [1.54, 1.807) is 24.3 Å². The Bertz CT molecular complexity index is 796. The van der Waals surface area contributed by atoms with Crippen LogP contribution < -0.4 is 9.47 Å². The van der Waals surface area contributed by atoms with Gasteiger partial charge in [0.25, 0.3) is 0 Å². The van der Waals surface area contributed by atoms with Gasteiger partial charge in [0.1, 0.15) is 17.2 Å². The third-order valence-corrected chi connectivity index (χ3v) is 3.80. The molecule has 1 aromatic heterocycles. The van der Waals surface area contributed by atoms with E-state index in [2.05, 4.69) is 19.7 Å². The third kappa shape index (κ3) is 4.08. The summed E-state index contributed by atoms with van der Waals surface area (Å²) in [6.45, 7) is -5.81. The smallest absolute Gasteiger partial charge is 0.387 e. The fraction of sp³-hybridized carbons (Fsp3) is 0.118. The Kier molecular flexibility index (Phi) is 5.32. The van der Waals surface area contributed by atoms with Gasteiger partial charge in [-0.15, -0.1) is 0 Å². The maximum absolute atomic E-state index is 12.2. The third-order valence-electron chi connectivity index (χ3n) is 3.43. The quantitative estimate of drug-likeness (QED) is 0.561. The van der Waals surface area contributed by atoms with Crippen molar-refractivity contribution in [2.24, 2.45) is 0 Å². The van der Waals surface area contributed by atoms with E-state index in [0.29, 0.717) is 27.5 Å². The predicted molar refractivity (Wildman–Crippen MR) is 87.7 cm³/mol. The Balaban J connectivity index is 1.83. The zero-order chi connectivity index (χ0) is 18.7. The van der Waals surface area contributed by atoms with E-state index >= 15 is 0 Å². The first kappa shape index (κ1) is 18.1. The van der Waals surface area contributed by atoms with Crippen LogP contribution in [0.2, 0.25) is 5.02 Å². The van der Waals surface area contributed by atoms with Crippen LogP contribution >= 0.6 is 11.6 Å². The second-order valence-corrected chi connectivity index (χ2v) is 5.44. The molecule has 0 radical (unpaired) electrons. The lowest BCUT2D eigenvalue weighted by Gasteiger charge is -2.06. The molecule has 0 saturated carbocycles. The molecule has 0 aliphatic carbocycles. The summed E-state index contributed by atoms with van der Waals surface area (Å²) in [5.41, 5.74) is 2.11. The molecule has 0 fully saturated rings. The SMILES string of the molecule is FC(F)Oc1ccc(-c2n[nH]c(-c3ccc(OC(F)F)cc3)c2Cl)cc1. The first-order valence-corrected chi connectivity index (χ1v) is 7.66. The fourth-order valence-electron chi connectivity index (χ4n) is 2.31. The highest BCUT2D eigenvalue weighted by Gasteiger charge is 2.15. The number of ether oxygens (including phenoxy) is 2. The zero-order valence-electron chi connectivity index (χ0n) is 12.9. The number of benzene rings is 2. The van der Waals surface area contributed by atoms with Gasteiger partial charge >= 0.3 is 13.2 Å². The number of halogens is 5. The number of alkyl halides is 4. The fourth-order valence-corrected chi connectivity index (χ4v) is 2.61. The van der Waals surface area contributed by atoms with Crippen LogP contribution in [-0.4, -0.2) is 23.4 Å². The second kappa shape index (κ2) is 7.65. The Morgan fingerprint density at radius 3 is 1.69 bits per heavy atom. The van der Waals surface area contributed by atoms with E-state index in [1.165, 1.54) is 24.3 Å². The minimum atomic E-state index is -2.90. The van der Waals surface area contributed by atoms with E-state index in [4.69, 9.17) is 11.6 Å². The van der Waals surface area contributed by atoms with Crippen LogP contribution in [0.25, 0.3) is 22.5 Å². The minimum absolute atomic E-state index is 0.0188. The number of hydrogen-bond donors (Lipinski definition) is 1. The summed E-state index contributed by atoms with van der Waals surface area (Å²) in [6.07, 6.45) is 0. The largest absolute Gasteiger partial charge is 0.435 e. The van der Waals surface area contributed by atoms with Crippen molar-refractivity contribution >= 4 is 11.6 Å². The van der Waals surface area contributed by atoms with Gasteiger partial charge < -0.3 is 9.47 Å². The van der Waals surface area contributed by atoms with Crippen LogP contribution in [0.1, 0.15) is 0 Å². The molecule has 0 saturated heterocycles. The standard InChI is InChI=1S/C17H11ClF4N2O2/c18-13-14(9-1-5-11(6-2-9)25-16(19)20)23-24-15(13)10-3-7-12(8-4-10)26-17(21)22/h1-8,16-17H,(H,23,24). The molecule has 136 valence electrons. The van der Waals surface area contributed by atoms with Gasteiger partial charge in [-0.3, -0.25) is 5.10 Å². The molecular weight excluding hydrogens is 376 g/mol.